The molecule has 0 radical (unpaired) electrons. The molecule has 0 N–H and O–H groups in total. The molecule has 0 saturated carbocycles. The number of likely N-dealkylation sites (N-methyl/N-ethyl adjacent to an activating group) is 1. The fourth-order valence-electron chi connectivity index (χ4n) is 2.16. The fourth-order valence-corrected chi connectivity index (χ4v) is 2.16. The highest BCUT2D eigenvalue weighted by Crippen LogP contribution is 2.16. The van der Waals surface area contributed by atoms with E-state index in [9.17, 15) is 9.59 Å². The zero-order chi connectivity index (χ0) is 16.1. The predicted octanol–water partition coefficient (Wildman–Crippen LogP) is 0.442. The molecule has 0 aliphatic carbocycles. The van der Waals surface area contributed by atoms with E-state index in [0.717, 1.165) is 16.4 Å². The molecule has 0 unspecified atom stereocenters. The molecule has 1 aliphatic heterocycles. The number of benzene rings is 1. The number of hydrogen-bond acceptors (Lipinski definition) is 5. The van der Waals surface area contributed by atoms with Gasteiger partial charge in [0.05, 0.1) is 20.8 Å². The van der Waals surface area contributed by atoms with E-state index in [-0.39, 0.29) is 25.0 Å². The molecule has 22 heavy (non-hydrogen) atoms. The van der Waals surface area contributed by atoms with Crippen molar-refractivity contribution < 1.29 is 23.9 Å². The van der Waals surface area contributed by atoms with E-state index in [4.69, 9.17) is 14.3 Å². The Labute approximate surface area is 129 Å². The maximum Gasteiger partial charge on any atom is 0.276 e. The Hall–Kier alpha value is -2.12. The van der Waals surface area contributed by atoms with Crippen LogP contribution in [0.15, 0.2) is 24.3 Å². The van der Waals surface area contributed by atoms with Crippen molar-refractivity contribution in [3.63, 3.8) is 0 Å². The van der Waals surface area contributed by atoms with Gasteiger partial charge in [-0.3, -0.25) is 14.4 Å². The lowest BCUT2D eigenvalue weighted by Crippen LogP contribution is -2.52. The molecule has 1 heterocycles. The van der Waals surface area contributed by atoms with Crippen LogP contribution in [0.4, 0.5) is 0 Å². The maximum absolute atomic E-state index is 12.0. The minimum atomic E-state index is -0.708. The molecule has 0 aromatic heterocycles. The summed E-state index contributed by atoms with van der Waals surface area (Å²) in [6, 6.07) is 7.45. The van der Waals surface area contributed by atoms with Gasteiger partial charge in [0.1, 0.15) is 12.4 Å². The molecular formula is C15H20N2O5. The van der Waals surface area contributed by atoms with E-state index in [1.807, 2.05) is 24.3 Å². The van der Waals surface area contributed by atoms with Crippen LogP contribution in [0.25, 0.3) is 0 Å². The van der Waals surface area contributed by atoms with E-state index >= 15 is 0 Å². The average molecular weight is 308 g/mol. The van der Waals surface area contributed by atoms with Crippen LogP contribution >= 0.6 is 0 Å². The number of ether oxygens (including phenoxy) is 2. The first-order valence-corrected chi connectivity index (χ1v) is 6.89. The summed E-state index contributed by atoms with van der Waals surface area (Å²) in [6.45, 7) is 0.522. The van der Waals surface area contributed by atoms with Crippen molar-refractivity contribution in [1.29, 1.82) is 0 Å². The van der Waals surface area contributed by atoms with E-state index in [1.165, 1.54) is 14.2 Å². The van der Waals surface area contributed by atoms with Gasteiger partial charge in [0.15, 0.2) is 6.10 Å². The van der Waals surface area contributed by atoms with Crippen molar-refractivity contribution in [3.8, 4) is 5.75 Å². The predicted molar refractivity (Wildman–Crippen MR) is 77.9 cm³/mol. The van der Waals surface area contributed by atoms with Crippen molar-refractivity contribution in [1.82, 2.24) is 9.96 Å². The van der Waals surface area contributed by atoms with Gasteiger partial charge in [-0.25, -0.2) is 5.06 Å². The molecule has 1 atom stereocenters. The van der Waals surface area contributed by atoms with E-state index in [0.29, 0.717) is 6.54 Å². The van der Waals surface area contributed by atoms with Crippen molar-refractivity contribution in [2.45, 2.75) is 12.6 Å². The Kier molecular flexibility index (Phi) is 5.35. The largest absolute Gasteiger partial charge is 0.497 e. The smallest absolute Gasteiger partial charge is 0.276 e. The fraction of sp³-hybridized carbons (Fsp3) is 0.467. The molecule has 1 saturated heterocycles. The van der Waals surface area contributed by atoms with Gasteiger partial charge in [-0.05, 0) is 17.7 Å². The highest BCUT2D eigenvalue weighted by atomic mass is 16.7. The molecular weight excluding hydrogens is 288 g/mol. The SMILES string of the molecule is COc1ccc(CN2C[C@H](C(=O)N(C)OC)OCC2=O)cc1. The lowest BCUT2D eigenvalue weighted by molar-refractivity contribution is -0.187. The van der Waals surface area contributed by atoms with Gasteiger partial charge in [0, 0.05) is 13.6 Å². The van der Waals surface area contributed by atoms with Crippen LogP contribution in [0.5, 0.6) is 5.75 Å². The van der Waals surface area contributed by atoms with Crippen LogP contribution in [-0.4, -0.2) is 62.3 Å². The Bertz CT molecular complexity index is 531. The van der Waals surface area contributed by atoms with Gasteiger partial charge in [0.25, 0.3) is 5.91 Å². The van der Waals surface area contributed by atoms with E-state index in [2.05, 4.69) is 0 Å². The number of carbonyl (C=O) groups excluding carboxylic acids is 2. The monoisotopic (exact) mass is 308 g/mol. The zero-order valence-corrected chi connectivity index (χ0v) is 12.9. The highest BCUT2D eigenvalue weighted by molar-refractivity contribution is 5.84. The van der Waals surface area contributed by atoms with E-state index < -0.39 is 6.10 Å². The lowest BCUT2D eigenvalue weighted by Gasteiger charge is -2.33. The first-order valence-electron chi connectivity index (χ1n) is 6.89. The lowest BCUT2D eigenvalue weighted by atomic mass is 10.1. The topological polar surface area (TPSA) is 68.3 Å². The molecule has 1 aromatic carbocycles. The number of carbonyl (C=O) groups is 2. The molecule has 0 spiro atoms. The average Bonchev–Trinajstić information content (AvgIpc) is 2.56. The summed E-state index contributed by atoms with van der Waals surface area (Å²) in [5.74, 6) is 0.307. The standard InChI is InChI=1S/C15H20N2O5/c1-16(21-3)15(19)13-9-17(14(18)10-22-13)8-11-4-6-12(20-2)7-5-11/h4-7,13H,8-10H2,1-3H3/t13-/m1/s1. The van der Waals surface area contributed by atoms with Gasteiger partial charge in [-0.15, -0.1) is 0 Å². The van der Waals surface area contributed by atoms with Crippen molar-refractivity contribution in [2.75, 3.05) is 34.4 Å². The number of morpholine rings is 1. The molecule has 1 fully saturated rings. The number of nitrogens with zero attached hydrogens (tertiary/aromatic N) is 2. The van der Waals surface area contributed by atoms with Crippen LogP contribution < -0.4 is 4.74 Å². The first-order chi connectivity index (χ1) is 10.5. The molecule has 2 rings (SSSR count). The summed E-state index contributed by atoms with van der Waals surface area (Å²) in [5, 5.41) is 1.10. The number of methoxy groups -OCH3 is 1. The normalized spacial score (nSPS) is 18.2. The third-order valence-corrected chi connectivity index (χ3v) is 3.54. The molecule has 2 amide bonds. The van der Waals surface area contributed by atoms with Gasteiger partial charge < -0.3 is 14.4 Å². The number of hydroxylamine groups is 2. The summed E-state index contributed by atoms with van der Waals surface area (Å²) in [6.07, 6.45) is -0.708. The van der Waals surface area contributed by atoms with Crippen LogP contribution in [0.2, 0.25) is 0 Å². The molecule has 120 valence electrons. The van der Waals surface area contributed by atoms with Crippen LogP contribution in [0.3, 0.4) is 0 Å². The third kappa shape index (κ3) is 3.75. The Morgan fingerprint density at radius 1 is 1.36 bits per heavy atom. The van der Waals surface area contributed by atoms with Gasteiger partial charge in [0.2, 0.25) is 5.91 Å². The first kappa shape index (κ1) is 16.3. The van der Waals surface area contributed by atoms with Gasteiger partial charge in [-0.2, -0.15) is 0 Å². The van der Waals surface area contributed by atoms with Crippen molar-refractivity contribution in [2.24, 2.45) is 0 Å². The maximum atomic E-state index is 12.0. The number of rotatable bonds is 5. The summed E-state index contributed by atoms with van der Waals surface area (Å²) in [5.41, 5.74) is 0.961. The summed E-state index contributed by atoms with van der Waals surface area (Å²) >= 11 is 0. The number of hydrogen-bond donors (Lipinski definition) is 0. The minimum Gasteiger partial charge on any atom is -0.497 e. The Morgan fingerprint density at radius 3 is 2.64 bits per heavy atom. The number of amides is 2. The quantitative estimate of drug-likeness (QED) is 0.739. The molecule has 0 bridgehead atoms. The zero-order valence-electron chi connectivity index (χ0n) is 12.9. The summed E-state index contributed by atoms with van der Waals surface area (Å²) < 4.78 is 10.4. The Morgan fingerprint density at radius 2 is 2.05 bits per heavy atom. The molecule has 1 aliphatic rings. The summed E-state index contributed by atoms with van der Waals surface area (Å²) in [7, 11) is 4.51. The van der Waals surface area contributed by atoms with Crippen molar-refractivity contribution >= 4 is 11.8 Å². The van der Waals surface area contributed by atoms with Crippen molar-refractivity contribution in [3.05, 3.63) is 29.8 Å². The molecule has 7 nitrogen and oxygen atoms in total. The van der Waals surface area contributed by atoms with E-state index in [1.54, 1.807) is 12.0 Å². The van der Waals surface area contributed by atoms with Gasteiger partial charge >= 0.3 is 0 Å². The molecule has 7 heteroatoms. The highest BCUT2D eigenvalue weighted by Gasteiger charge is 2.32. The van der Waals surface area contributed by atoms with Crippen LogP contribution in [0.1, 0.15) is 5.56 Å². The molecule has 1 aromatic rings. The second kappa shape index (κ2) is 7.24. The second-order valence-electron chi connectivity index (χ2n) is 4.94. The van der Waals surface area contributed by atoms with Crippen LogP contribution in [0, 0.1) is 0 Å². The second-order valence-corrected chi connectivity index (χ2v) is 4.94. The van der Waals surface area contributed by atoms with Crippen LogP contribution in [-0.2, 0) is 25.7 Å². The minimum absolute atomic E-state index is 0.107. The summed E-state index contributed by atoms with van der Waals surface area (Å²) in [4.78, 5) is 30.5. The van der Waals surface area contributed by atoms with Gasteiger partial charge in [-0.1, -0.05) is 12.1 Å². The Balaban J connectivity index is 2.02. The third-order valence-electron chi connectivity index (χ3n) is 3.54.